The first-order chi connectivity index (χ1) is 10.2. The minimum atomic E-state index is 0.408. The molecule has 6 nitrogen and oxygen atoms in total. The van der Waals surface area contributed by atoms with Crippen LogP contribution in [0.2, 0.25) is 0 Å². The summed E-state index contributed by atoms with van der Waals surface area (Å²) in [5.41, 5.74) is 0. The Kier molecular flexibility index (Phi) is 4.34. The van der Waals surface area contributed by atoms with Gasteiger partial charge in [-0.1, -0.05) is 13.8 Å². The molecule has 114 valence electrons. The minimum absolute atomic E-state index is 0.408. The molecule has 21 heavy (non-hydrogen) atoms. The van der Waals surface area contributed by atoms with E-state index in [1.165, 1.54) is 23.1 Å². The summed E-state index contributed by atoms with van der Waals surface area (Å²) in [6.45, 7) is 9.30. The summed E-state index contributed by atoms with van der Waals surface area (Å²) in [5, 5.41) is 2.09. The van der Waals surface area contributed by atoms with Gasteiger partial charge in [-0.15, -0.1) is 0 Å². The Hall–Kier alpha value is -1.28. The van der Waals surface area contributed by atoms with Crippen LogP contribution in [0.4, 0.5) is 10.3 Å². The van der Waals surface area contributed by atoms with Gasteiger partial charge in [0.1, 0.15) is 11.6 Å². The van der Waals surface area contributed by atoms with E-state index in [0.717, 1.165) is 54.4 Å². The van der Waals surface area contributed by atoms with Crippen molar-refractivity contribution >= 4 is 33.3 Å². The van der Waals surface area contributed by atoms with Crippen molar-refractivity contribution in [1.82, 2.24) is 18.7 Å². The van der Waals surface area contributed by atoms with Gasteiger partial charge in [-0.05, 0) is 6.92 Å². The molecule has 1 aliphatic rings. The standard InChI is InChI=1S/C13H20N6S2/c1-4-10-14-12(20-16-10)18-6-7-19(9(3)8-18)13-15-11(5-2)17-21-13/h9H,4-8H2,1-3H3/t9-/m1/s1. The molecule has 0 aliphatic carbocycles. The molecule has 1 saturated heterocycles. The van der Waals surface area contributed by atoms with Crippen LogP contribution in [0.5, 0.6) is 0 Å². The molecular weight excluding hydrogens is 304 g/mol. The quantitative estimate of drug-likeness (QED) is 0.859. The highest BCUT2D eigenvalue weighted by atomic mass is 32.1. The van der Waals surface area contributed by atoms with Gasteiger partial charge in [0.2, 0.25) is 10.3 Å². The Bertz CT molecular complexity index is 595. The molecule has 8 heteroatoms. The molecule has 1 atom stereocenters. The number of rotatable bonds is 4. The molecule has 0 aromatic carbocycles. The molecule has 1 fully saturated rings. The van der Waals surface area contributed by atoms with Crippen LogP contribution < -0.4 is 9.80 Å². The van der Waals surface area contributed by atoms with E-state index in [1.807, 2.05) is 0 Å². The van der Waals surface area contributed by atoms with E-state index < -0.39 is 0 Å². The van der Waals surface area contributed by atoms with Crippen LogP contribution in [-0.4, -0.2) is 44.4 Å². The van der Waals surface area contributed by atoms with Gasteiger partial charge in [0, 0.05) is 61.6 Å². The number of anilines is 2. The molecule has 0 radical (unpaired) electrons. The fourth-order valence-electron chi connectivity index (χ4n) is 2.44. The van der Waals surface area contributed by atoms with E-state index in [-0.39, 0.29) is 0 Å². The lowest BCUT2D eigenvalue weighted by Crippen LogP contribution is -2.52. The van der Waals surface area contributed by atoms with E-state index >= 15 is 0 Å². The monoisotopic (exact) mass is 324 g/mol. The highest BCUT2D eigenvalue weighted by molar-refractivity contribution is 7.10. The fraction of sp³-hybridized carbons (Fsp3) is 0.692. The second-order valence-electron chi connectivity index (χ2n) is 5.18. The van der Waals surface area contributed by atoms with Gasteiger partial charge in [0.25, 0.3) is 0 Å². The average molecular weight is 324 g/mol. The van der Waals surface area contributed by atoms with E-state index in [1.54, 1.807) is 0 Å². The largest absolute Gasteiger partial charge is 0.343 e. The predicted octanol–water partition coefficient (Wildman–Crippen LogP) is 2.23. The number of nitrogens with zero attached hydrogens (tertiary/aromatic N) is 6. The molecule has 0 amide bonds. The maximum atomic E-state index is 4.61. The summed E-state index contributed by atoms with van der Waals surface area (Å²) in [4.78, 5) is 13.9. The molecule has 1 aliphatic heterocycles. The van der Waals surface area contributed by atoms with Crippen LogP contribution in [0.25, 0.3) is 0 Å². The van der Waals surface area contributed by atoms with Crippen molar-refractivity contribution in [3.05, 3.63) is 11.6 Å². The third-order valence-electron chi connectivity index (χ3n) is 3.69. The van der Waals surface area contributed by atoms with Crippen LogP contribution >= 0.6 is 23.1 Å². The zero-order valence-electron chi connectivity index (χ0n) is 12.6. The Balaban J connectivity index is 1.68. The smallest absolute Gasteiger partial charge is 0.205 e. The van der Waals surface area contributed by atoms with Gasteiger partial charge in [-0.25, -0.2) is 9.97 Å². The Morgan fingerprint density at radius 3 is 2.19 bits per heavy atom. The lowest BCUT2D eigenvalue weighted by molar-refractivity contribution is 0.548. The van der Waals surface area contributed by atoms with Crippen LogP contribution in [0.1, 0.15) is 32.4 Å². The van der Waals surface area contributed by atoms with Crippen molar-refractivity contribution in [2.24, 2.45) is 0 Å². The van der Waals surface area contributed by atoms with Crippen molar-refractivity contribution in [2.45, 2.75) is 39.7 Å². The number of hydrogen-bond donors (Lipinski definition) is 0. The first-order valence-electron chi connectivity index (χ1n) is 7.38. The molecule has 0 N–H and O–H groups in total. The lowest BCUT2D eigenvalue weighted by atomic mass is 10.2. The van der Waals surface area contributed by atoms with Crippen molar-refractivity contribution in [3.8, 4) is 0 Å². The van der Waals surface area contributed by atoms with E-state index in [2.05, 4.69) is 49.3 Å². The van der Waals surface area contributed by atoms with Crippen molar-refractivity contribution in [2.75, 3.05) is 29.4 Å². The van der Waals surface area contributed by atoms with Gasteiger partial charge in [-0.3, -0.25) is 0 Å². The second kappa shape index (κ2) is 6.23. The normalized spacial score (nSPS) is 19.3. The van der Waals surface area contributed by atoms with Gasteiger partial charge in [0.15, 0.2) is 0 Å². The summed E-state index contributed by atoms with van der Waals surface area (Å²) >= 11 is 3.02. The molecular formula is C13H20N6S2. The summed E-state index contributed by atoms with van der Waals surface area (Å²) in [6.07, 6.45) is 1.80. The van der Waals surface area contributed by atoms with Crippen molar-refractivity contribution in [1.29, 1.82) is 0 Å². The molecule has 0 unspecified atom stereocenters. The Morgan fingerprint density at radius 1 is 1.00 bits per heavy atom. The second-order valence-corrected chi connectivity index (χ2v) is 6.64. The fourth-order valence-corrected chi connectivity index (χ4v) is 4.10. The van der Waals surface area contributed by atoms with E-state index in [9.17, 15) is 0 Å². The maximum Gasteiger partial charge on any atom is 0.205 e. The van der Waals surface area contributed by atoms with Crippen molar-refractivity contribution < 1.29 is 0 Å². The van der Waals surface area contributed by atoms with Gasteiger partial charge >= 0.3 is 0 Å². The molecule has 0 saturated carbocycles. The molecule has 2 aromatic heterocycles. The average Bonchev–Trinajstić information content (AvgIpc) is 3.16. The summed E-state index contributed by atoms with van der Waals surface area (Å²) in [7, 11) is 0. The summed E-state index contributed by atoms with van der Waals surface area (Å²) in [6, 6.07) is 0.408. The van der Waals surface area contributed by atoms with Crippen LogP contribution in [0.3, 0.4) is 0 Å². The van der Waals surface area contributed by atoms with Crippen LogP contribution in [0.15, 0.2) is 0 Å². The third-order valence-corrected chi connectivity index (χ3v) is 5.30. The number of aromatic nitrogens is 4. The van der Waals surface area contributed by atoms with Crippen LogP contribution in [0, 0.1) is 0 Å². The summed E-state index contributed by atoms with van der Waals surface area (Å²) < 4.78 is 8.77. The lowest BCUT2D eigenvalue weighted by Gasteiger charge is -2.39. The number of hydrogen-bond acceptors (Lipinski definition) is 8. The highest BCUT2D eigenvalue weighted by Gasteiger charge is 2.27. The number of aryl methyl sites for hydroxylation is 2. The third kappa shape index (κ3) is 3.01. The van der Waals surface area contributed by atoms with Gasteiger partial charge in [0.05, 0.1) is 0 Å². The molecule has 0 spiro atoms. The zero-order chi connectivity index (χ0) is 14.8. The van der Waals surface area contributed by atoms with E-state index in [0.29, 0.717) is 6.04 Å². The Morgan fingerprint density at radius 2 is 1.62 bits per heavy atom. The SMILES string of the molecule is CCc1nsc(N2CCN(c3nc(CC)ns3)[C@H](C)C2)n1. The van der Waals surface area contributed by atoms with E-state index in [4.69, 9.17) is 0 Å². The van der Waals surface area contributed by atoms with Crippen molar-refractivity contribution in [3.63, 3.8) is 0 Å². The molecule has 0 bridgehead atoms. The first kappa shape index (κ1) is 14.6. The molecule has 2 aromatic rings. The van der Waals surface area contributed by atoms with Gasteiger partial charge in [-0.2, -0.15) is 8.75 Å². The topological polar surface area (TPSA) is 58.0 Å². The predicted molar refractivity (Wildman–Crippen MR) is 87.6 cm³/mol. The maximum absolute atomic E-state index is 4.61. The van der Waals surface area contributed by atoms with Gasteiger partial charge < -0.3 is 9.80 Å². The molecule has 3 heterocycles. The zero-order valence-corrected chi connectivity index (χ0v) is 14.2. The van der Waals surface area contributed by atoms with Crippen LogP contribution in [-0.2, 0) is 12.8 Å². The Labute approximate surface area is 133 Å². The molecule has 3 rings (SSSR count). The highest BCUT2D eigenvalue weighted by Crippen LogP contribution is 2.26. The minimum Gasteiger partial charge on any atom is -0.343 e. The number of piperazine rings is 1. The summed E-state index contributed by atoms with van der Waals surface area (Å²) in [5.74, 6) is 1.89. The first-order valence-corrected chi connectivity index (χ1v) is 8.92.